The van der Waals surface area contributed by atoms with Crippen molar-refractivity contribution in [2.45, 2.75) is 35.6 Å². The maximum atomic E-state index is 12.2. The normalized spacial score (nSPS) is 19.6. The molecule has 0 spiro atoms. The highest BCUT2D eigenvalue weighted by molar-refractivity contribution is 8.00. The number of hydrogen-bond acceptors (Lipinski definition) is 5. The molecule has 7 heteroatoms. The van der Waals surface area contributed by atoms with Gasteiger partial charge in [0.2, 0.25) is 10.0 Å². The summed E-state index contributed by atoms with van der Waals surface area (Å²) in [5.41, 5.74) is 0. The van der Waals surface area contributed by atoms with E-state index in [9.17, 15) is 8.42 Å². The maximum Gasteiger partial charge on any atom is 0.250 e. The Balaban J connectivity index is 1.88. The minimum Gasteiger partial charge on any atom is -0.317 e. The average molecular weight is 335 g/mol. The quantitative estimate of drug-likeness (QED) is 0.715. The van der Waals surface area contributed by atoms with Gasteiger partial charge in [-0.25, -0.2) is 13.1 Å². The molecule has 0 amide bonds. The number of thiophene rings is 1. The monoisotopic (exact) mass is 334 g/mol. The van der Waals surface area contributed by atoms with E-state index in [0.717, 1.165) is 36.6 Å². The largest absolute Gasteiger partial charge is 0.317 e. The summed E-state index contributed by atoms with van der Waals surface area (Å²) in [5.74, 6) is 1.15. The minimum absolute atomic E-state index is 0.437. The molecule has 0 aromatic carbocycles. The van der Waals surface area contributed by atoms with Crippen LogP contribution in [0.3, 0.4) is 0 Å². The van der Waals surface area contributed by atoms with Crippen molar-refractivity contribution in [3.05, 3.63) is 17.0 Å². The Morgan fingerprint density at radius 3 is 2.95 bits per heavy atom. The molecule has 2 rings (SSSR count). The second-order valence-electron chi connectivity index (χ2n) is 4.81. The van der Waals surface area contributed by atoms with Crippen LogP contribution in [0.2, 0.25) is 0 Å². The summed E-state index contributed by atoms with van der Waals surface area (Å²) in [7, 11) is -3.32. The topological polar surface area (TPSA) is 58.2 Å². The Labute approximate surface area is 129 Å². The Hall–Kier alpha value is -0.0800. The molecule has 1 aliphatic heterocycles. The van der Waals surface area contributed by atoms with Crippen molar-refractivity contribution in [2.75, 3.05) is 25.4 Å². The molecule has 2 N–H and O–H groups in total. The molecule has 20 heavy (non-hydrogen) atoms. The fourth-order valence-corrected chi connectivity index (χ4v) is 5.89. The standard InChI is InChI=1S/C13H22N2O2S3/c1-2-14-8-7-11-5-6-13(19-11)20(16,17)15-10-12-4-3-9-18-12/h5-6,12,14-15H,2-4,7-10H2,1H3. The number of sulfonamides is 1. The van der Waals surface area contributed by atoms with E-state index < -0.39 is 10.0 Å². The van der Waals surface area contributed by atoms with Crippen LogP contribution in [0.25, 0.3) is 0 Å². The van der Waals surface area contributed by atoms with E-state index in [0.29, 0.717) is 16.0 Å². The van der Waals surface area contributed by atoms with E-state index in [1.54, 1.807) is 6.07 Å². The molecule has 1 unspecified atom stereocenters. The third kappa shape index (κ3) is 4.73. The fraction of sp³-hybridized carbons (Fsp3) is 0.692. The molecule has 1 atom stereocenters. The molecule has 1 saturated heterocycles. The second-order valence-corrected chi connectivity index (χ2v) is 9.38. The second kappa shape index (κ2) is 7.79. The van der Waals surface area contributed by atoms with Gasteiger partial charge in [-0.1, -0.05) is 6.92 Å². The first-order valence-corrected chi connectivity index (χ1v) is 10.4. The van der Waals surface area contributed by atoms with Gasteiger partial charge in [0, 0.05) is 16.7 Å². The predicted molar refractivity (Wildman–Crippen MR) is 87.2 cm³/mol. The van der Waals surface area contributed by atoms with Gasteiger partial charge in [-0.15, -0.1) is 11.3 Å². The third-order valence-corrected chi connectivity index (χ3v) is 7.68. The summed E-state index contributed by atoms with van der Waals surface area (Å²) < 4.78 is 27.6. The molecule has 0 aliphatic carbocycles. The van der Waals surface area contributed by atoms with E-state index in [-0.39, 0.29) is 0 Å². The fourth-order valence-electron chi connectivity index (χ4n) is 2.10. The van der Waals surface area contributed by atoms with Crippen molar-refractivity contribution < 1.29 is 8.42 Å². The van der Waals surface area contributed by atoms with Gasteiger partial charge in [-0.3, -0.25) is 0 Å². The number of rotatable bonds is 8. The van der Waals surface area contributed by atoms with E-state index in [1.165, 1.54) is 17.8 Å². The van der Waals surface area contributed by atoms with Crippen LogP contribution in [0, 0.1) is 0 Å². The first-order chi connectivity index (χ1) is 9.62. The van der Waals surface area contributed by atoms with Crippen LogP contribution in [0.1, 0.15) is 24.6 Å². The van der Waals surface area contributed by atoms with Crippen LogP contribution in [0.4, 0.5) is 0 Å². The first kappa shape index (κ1) is 16.3. The van der Waals surface area contributed by atoms with Crippen molar-refractivity contribution in [1.29, 1.82) is 0 Å². The predicted octanol–water partition coefficient (Wildman–Crippen LogP) is 2.07. The van der Waals surface area contributed by atoms with E-state index in [4.69, 9.17) is 0 Å². The lowest BCUT2D eigenvalue weighted by molar-refractivity contribution is 0.581. The van der Waals surface area contributed by atoms with Gasteiger partial charge >= 0.3 is 0 Å². The summed E-state index contributed by atoms with van der Waals surface area (Å²) in [5, 5.41) is 3.69. The molecule has 1 aliphatic rings. The van der Waals surface area contributed by atoms with Crippen molar-refractivity contribution >= 4 is 33.1 Å². The average Bonchev–Trinajstić information content (AvgIpc) is 3.08. The van der Waals surface area contributed by atoms with Crippen LogP contribution < -0.4 is 10.0 Å². The summed E-state index contributed by atoms with van der Waals surface area (Å²) in [6.45, 7) is 4.45. The lowest BCUT2D eigenvalue weighted by Crippen LogP contribution is -2.29. The highest BCUT2D eigenvalue weighted by Crippen LogP contribution is 2.26. The third-order valence-electron chi connectivity index (χ3n) is 3.23. The highest BCUT2D eigenvalue weighted by Gasteiger charge is 2.21. The van der Waals surface area contributed by atoms with Crippen LogP contribution in [0.15, 0.2) is 16.3 Å². The van der Waals surface area contributed by atoms with Crippen molar-refractivity contribution in [1.82, 2.24) is 10.0 Å². The smallest absolute Gasteiger partial charge is 0.250 e. The van der Waals surface area contributed by atoms with Crippen LogP contribution in [0.5, 0.6) is 0 Å². The van der Waals surface area contributed by atoms with E-state index >= 15 is 0 Å². The van der Waals surface area contributed by atoms with Gasteiger partial charge in [0.05, 0.1) is 0 Å². The maximum absolute atomic E-state index is 12.2. The molecule has 0 bridgehead atoms. The molecular formula is C13H22N2O2S3. The molecule has 1 aromatic heterocycles. The number of nitrogens with one attached hydrogen (secondary N) is 2. The van der Waals surface area contributed by atoms with E-state index in [1.807, 2.05) is 17.8 Å². The van der Waals surface area contributed by atoms with Crippen molar-refractivity contribution in [3.63, 3.8) is 0 Å². The first-order valence-electron chi connectivity index (χ1n) is 7.02. The molecular weight excluding hydrogens is 312 g/mol. The van der Waals surface area contributed by atoms with Crippen LogP contribution in [-0.2, 0) is 16.4 Å². The van der Waals surface area contributed by atoms with Crippen molar-refractivity contribution in [2.24, 2.45) is 0 Å². The molecule has 1 fully saturated rings. The summed E-state index contributed by atoms with van der Waals surface area (Å²) >= 11 is 3.24. The van der Waals surface area contributed by atoms with Gasteiger partial charge < -0.3 is 5.32 Å². The van der Waals surface area contributed by atoms with Gasteiger partial charge in [-0.2, -0.15) is 11.8 Å². The van der Waals surface area contributed by atoms with Crippen LogP contribution in [-0.4, -0.2) is 39.1 Å². The van der Waals surface area contributed by atoms with Crippen LogP contribution >= 0.6 is 23.1 Å². The zero-order valence-corrected chi connectivity index (χ0v) is 14.2. The molecule has 2 heterocycles. The minimum atomic E-state index is -3.32. The van der Waals surface area contributed by atoms with Crippen molar-refractivity contribution in [3.8, 4) is 0 Å². The molecule has 114 valence electrons. The van der Waals surface area contributed by atoms with Gasteiger partial charge in [0.1, 0.15) is 4.21 Å². The van der Waals surface area contributed by atoms with Gasteiger partial charge in [0.15, 0.2) is 0 Å². The zero-order valence-electron chi connectivity index (χ0n) is 11.7. The molecule has 0 saturated carbocycles. The Bertz CT molecular complexity index is 507. The molecule has 1 aromatic rings. The Morgan fingerprint density at radius 1 is 1.40 bits per heavy atom. The van der Waals surface area contributed by atoms with E-state index in [2.05, 4.69) is 17.0 Å². The molecule has 4 nitrogen and oxygen atoms in total. The summed E-state index contributed by atoms with van der Waals surface area (Å²) in [4.78, 5) is 1.11. The highest BCUT2D eigenvalue weighted by atomic mass is 32.2. The number of likely N-dealkylation sites (N-methyl/N-ethyl adjacent to an activating group) is 1. The molecule has 0 radical (unpaired) electrons. The zero-order chi connectivity index (χ0) is 14.4. The summed E-state index contributed by atoms with van der Waals surface area (Å²) in [6, 6.07) is 3.64. The van der Waals surface area contributed by atoms with Gasteiger partial charge in [-0.05, 0) is 50.2 Å². The summed E-state index contributed by atoms with van der Waals surface area (Å²) in [6.07, 6.45) is 3.20. The number of hydrogen-bond donors (Lipinski definition) is 2. The SMILES string of the molecule is CCNCCc1ccc(S(=O)(=O)NCC2CCCS2)s1. The lowest BCUT2D eigenvalue weighted by Gasteiger charge is -2.09. The van der Waals surface area contributed by atoms with Gasteiger partial charge in [0.25, 0.3) is 0 Å². The number of thioether (sulfide) groups is 1. The lowest BCUT2D eigenvalue weighted by atomic mass is 10.2. The Morgan fingerprint density at radius 2 is 2.25 bits per heavy atom. The Kier molecular flexibility index (Phi) is 6.35.